The number of benzene rings is 1. The summed E-state index contributed by atoms with van der Waals surface area (Å²) < 4.78 is 0.771. The molecule has 0 spiro atoms. The maximum absolute atomic E-state index is 12.4. The Morgan fingerprint density at radius 1 is 1.26 bits per heavy atom. The van der Waals surface area contributed by atoms with Crippen molar-refractivity contribution in [3.05, 3.63) is 31.4 Å². The molecule has 0 aliphatic carbocycles. The van der Waals surface area contributed by atoms with Crippen LogP contribution in [0.3, 0.4) is 0 Å². The number of rotatable bonds is 4. The van der Waals surface area contributed by atoms with E-state index in [2.05, 4.69) is 36.4 Å². The molecular weight excluding hydrogens is 409 g/mol. The van der Waals surface area contributed by atoms with Gasteiger partial charge in [-0.15, -0.1) is 0 Å². The van der Waals surface area contributed by atoms with Gasteiger partial charge in [0.1, 0.15) is 0 Å². The minimum absolute atomic E-state index is 0.0608. The first kappa shape index (κ1) is 18.2. The molecule has 2 rings (SSSR count). The second kappa shape index (κ2) is 6.76. The summed E-state index contributed by atoms with van der Waals surface area (Å²) in [6.07, 6.45) is -1.29. The lowest BCUT2D eigenvalue weighted by Crippen LogP contribution is -2.39. The van der Waals surface area contributed by atoms with Crippen LogP contribution in [-0.2, 0) is 22.6 Å². The maximum atomic E-state index is 12.4. The van der Waals surface area contributed by atoms with Crippen LogP contribution in [0.4, 0.5) is 0 Å². The molecule has 1 unspecified atom stereocenters. The van der Waals surface area contributed by atoms with E-state index in [9.17, 15) is 14.7 Å². The second-order valence-electron chi connectivity index (χ2n) is 6.52. The number of amides is 1. The number of hydrogen-bond donors (Lipinski definition) is 2. The third-order valence-electron chi connectivity index (χ3n) is 4.36. The zero-order valence-electron chi connectivity index (χ0n) is 13.8. The van der Waals surface area contributed by atoms with Crippen LogP contribution in [0, 0.1) is 23.3 Å². The summed E-state index contributed by atoms with van der Waals surface area (Å²) in [6, 6.07) is 0. The lowest BCUT2D eigenvalue weighted by atomic mass is 9.86. The molecule has 1 aliphatic rings. The number of nitrogens with zero attached hydrogens (tertiary/aromatic N) is 1. The van der Waals surface area contributed by atoms with E-state index in [0.29, 0.717) is 24.6 Å². The lowest BCUT2D eigenvalue weighted by Gasteiger charge is -2.33. The average molecular weight is 431 g/mol. The summed E-state index contributed by atoms with van der Waals surface area (Å²) in [5.41, 5.74) is 4.07. The molecule has 1 aliphatic heterocycles. The lowest BCUT2D eigenvalue weighted by molar-refractivity contribution is -0.147. The first-order valence-corrected chi connectivity index (χ1v) is 8.71. The Bertz CT molecular complexity index is 669. The van der Waals surface area contributed by atoms with Crippen LogP contribution in [0.1, 0.15) is 47.8 Å². The van der Waals surface area contributed by atoms with Crippen molar-refractivity contribution in [2.24, 2.45) is 5.92 Å². The Morgan fingerprint density at radius 2 is 1.87 bits per heavy atom. The summed E-state index contributed by atoms with van der Waals surface area (Å²) in [6.45, 7) is 9.16. The smallest absolute Gasteiger partial charge is 0.337 e. The van der Waals surface area contributed by atoms with Gasteiger partial charge < -0.3 is 15.1 Å². The van der Waals surface area contributed by atoms with E-state index in [4.69, 9.17) is 5.11 Å². The minimum atomic E-state index is -1.56. The number of aliphatic hydroxyl groups is 1. The van der Waals surface area contributed by atoms with Gasteiger partial charge in [0, 0.05) is 22.2 Å². The van der Waals surface area contributed by atoms with E-state index >= 15 is 0 Å². The number of carboxylic acid groups (broad SMARTS) is 1. The van der Waals surface area contributed by atoms with Gasteiger partial charge in [0.2, 0.25) is 5.91 Å². The van der Waals surface area contributed by atoms with Crippen molar-refractivity contribution in [3.63, 3.8) is 0 Å². The molecule has 5 nitrogen and oxygen atoms in total. The Kier molecular flexibility index (Phi) is 5.35. The zero-order chi connectivity index (χ0) is 17.5. The number of aliphatic hydroxyl groups excluding tert-OH is 1. The van der Waals surface area contributed by atoms with Crippen LogP contribution in [0.2, 0.25) is 0 Å². The molecule has 1 atom stereocenters. The van der Waals surface area contributed by atoms with E-state index < -0.39 is 12.1 Å². The number of aliphatic carboxylic acids is 1. The molecular formula is C17H22INO4. The van der Waals surface area contributed by atoms with Crippen molar-refractivity contribution in [2.75, 3.05) is 6.54 Å². The zero-order valence-corrected chi connectivity index (χ0v) is 16.0. The van der Waals surface area contributed by atoms with Crippen molar-refractivity contribution in [1.29, 1.82) is 0 Å². The standard InChI is InChI=1S/C17H22INO4/c1-8(2)6-19-7-12-10(4)15(18)14(16(21)17(22)23)9(3)11(12)5-13(19)20/h8,16,21H,5-7H2,1-4H3,(H,22,23). The molecule has 23 heavy (non-hydrogen) atoms. The average Bonchev–Trinajstić information content (AvgIpc) is 2.46. The van der Waals surface area contributed by atoms with Gasteiger partial charge in [0.05, 0.1) is 6.42 Å². The quantitative estimate of drug-likeness (QED) is 0.719. The summed E-state index contributed by atoms with van der Waals surface area (Å²) >= 11 is 2.10. The molecule has 0 radical (unpaired) electrons. The van der Waals surface area contributed by atoms with Crippen molar-refractivity contribution >= 4 is 34.5 Å². The normalized spacial score (nSPS) is 15.8. The number of fused-ring (bicyclic) bond motifs is 1. The minimum Gasteiger partial charge on any atom is -0.479 e. The van der Waals surface area contributed by atoms with Crippen LogP contribution >= 0.6 is 22.6 Å². The van der Waals surface area contributed by atoms with Crippen LogP contribution in [0.25, 0.3) is 0 Å². The molecule has 1 aromatic rings. The predicted molar refractivity (Wildman–Crippen MR) is 95.2 cm³/mol. The van der Waals surface area contributed by atoms with E-state index in [0.717, 1.165) is 25.8 Å². The number of carbonyl (C=O) groups excluding carboxylic acids is 1. The number of hydrogen-bond acceptors (Lipinski definition) is 3. The number of halogens is 1. The molecule has 1 heterocycles. The summed E-state index contributed by atoms with van der Waals surface area (Å²) in [5, 5.41) is 19.2. The highest BCUT2D eigenvalue weighted by molar-refractivity contribution is 14.1. The van der Waals surface area contributed by atoms with E-state index in [1.807, 2.05) is 11.8 Å². The molecule has 0 saturated heterocycles. The SMILES string of the molecule is Cc1c(I)c(C(O)C(=O)O)c(C)c2c1CN(CC(C)C)C(=O)C2. The van der Waals surface area contributed by atoms with Crippen molar-refractivity contribution in [2.45, 2.75) is 46.8 Å². The van der Waals surface area contributed by atoms with Gasteiger partial charge in [0.25, 0.3) is 0 Å². The molecule has 0 saturated carbocycles. The van der Waals surface area contributed by atoms with Gasteiger partial charge in [-0.3, -0.25) is 4.79 Å². The van der Waals surface area contributed by atoms with Gasteiger partial charge in [-0.1, -0.05) is 13.8 Å². The Labute approximate surface area is 149 Å². The Balaban J connectivity index is 2.56. The summed E-state index contributed by atoms with van der Waals surface area (Å²) in [7, 11) is 0. The molecule has 0 bridgehead atoms. The summed E-state index contributed by atoms with van der Waals surface area (Å²) in [5.74, 6) is -0.811. The third kappa shape index (κ3) is 3.38. The van der Waals surface area contributed by atoms with Crippen LogP contribution < -0.4 is 0 Å². The van der Waals surface area contributed by atoms with Crippen LogP contribution in [-0.4, -0.2) is 33.5 Å². The van der Waals surface area contributed by atoms with Gasteiger partial charge in [-0.25, -0.2) is 4.79 Å². The molecule has 6 heteroatoms. The molecule has 126 valence electrons. The largest absolute Gasteiger partial charge is 0.479 e. The molecule has 0 aromatic heterocycles. The van der Waals surface area contributed by atoms with Crippen LogP contribution in [0.15, 0.2) is 0 Å². The van der Waals surface area contributed by atoms with Crippen molar-refractivity contribution < 1.29 is 19.8 Å². The molecule has 0 fully saturated rings. The number of carboxylic acids is 1. The molecule has 1 aromatic carbocycles. The van der Waals surface area contributed by atoms with E-state index in [1.165, 1.54) is 0 Å². The Hall–Kier alpha value is -1.15. The van der Waals surface area contributed by atoms with E-state index in [-0.39, 0.29) is 12.3 Å². The third-order valence-corrected chi connectivity index (χ3v) is 5.75. The van der Waals surface area contributed by atoms with Gasteiger partial charge in [-0.2, -0.15) is 0 Å². The first-order valence-electron chi connectivity index (χ1n) is 7.64. The summed E-state index contributed by atoms with van der Waals surface area (Å²) in [4.78, 5) is 25.5. The fraction of sp³-hybridized carbons (Fsp3) is 0.529. The number of carbonyl (C=O) groups is 2. The molecule has 2 N–H and O–H groups in total. The first-order chi connectivity index (χ1) is 10.6. The highest BCUT2D eigenvalue weighted by atomic mass is 127. The van der Waals surface area contributed by atoms with E-state index in [1.54, 1.807) is 6.92 Å². The van der Waals surface area contributed by atoms with Gasteiger partial charge >= 0.3 is 5.97 Å². The highest BCUT2D eigenvalue weighted by Crippen LogP contribution is 2.36. The van der Waals surface area contributed by atoms with Gasteiger partial charge in [-0.05, 0) is 64.6 Å². The topological polar surface area (TPSA) is 77.8 Å². The highest BCUT2D eigenvalue weighted by Gasteiger charge is 2.31. The van der Waals surface area contributed by atoms with Gasteiger partial charge in [0.15, 0.2) is 6.10 Å². The monoisotopic (exact) mass is 431 g/mol. The molecule has 1 amide bonds. The fourth-order valence-electron chi connectivity index (χ4n) is 3.17. The van der Waals surface area contributed by atoms with Crippen LogP contribution in [0.5, 0.6) is 0 Å². The fourth-order valence-corrected chi connectivity index (χ4v) is 4.19. The maximum Gasteiger partial charge on any atom is 0.337 e. The van der Waals surface area contributed by atoms with Crippen molar-refractivity contribution in [3.8, 4) is 0 Å². The van der Waals surface area contributed by atoms with Crippen molar-refractivity contribution in [1.82, 2.24) is 4.90 Å². The Morgan fingerprint density at radius 3 is 2.39 bits per heavy atom. The second-order valence-corrected chi connectivity index (χ2v) is 7.60. The predicted octanol–water partition coefficient (Wildman–Crippen LogP) is 2.57.